The summed E-state index contributed by atoms with van der Waals surface area (Å²) in [5, 5.41) is 10.9. The standard InChI is InChI=1S/C25H23N5O6/c1-30-22-14(21(29-30)15-10-11-18(31)28-24(15)33)7-5-9-17(22)36-12-19(32)27-23-20(25(34)35-2)13-6-3-4-8-16(13)26-23/h3-9,15,26H,10-12H2,1-2H3,(H,27,32)(H,28,31,33). The summed E-state index contributed by atoms with van der Waals surface area (Å²) >= 11 is 0. The zero-order chi connectivity index (χ0) is 25.4. The van der Waals surface area contributed by atoms with Gasteiger partial charge in [-0.05, 0) is 18.6 Å². The Labute approximate surface area is 204 Å². The summed E-state index contributed by atoms with van der Waals surface area (Å²) in [7, 11) is 2.99. The molecule has 1 aliphatic rings. The van der Waals surface area contributed by atoms with Gasteiger partial charge in [0.2, 0.25) is 11.8 Å². The molecular weight excluding hydrogens is 466 g/mol. The van der Waals surface area contributed by atoms with Crippen molar-refractivity contribution in [3.8, 4) is 5.75 Å². The van der Waals surface area contributed by atoms with Gasteiger partial charge in [-0.1, -0.05) is 30.3 Å². The summed E-state index contributed by atoms with van der Waals surface area (Å²) in [6.07, 6.45) is 0.615. The van der Waals surface area contributed by atoms with Crippen LogP contribution >= 0.6 is 0 Å². The van der Waals surface area contributed by atoms with Crippen molar-refractivity contribution in [2.75, 3.05) is 19.0 Å². The molecule has 2 aromatic heterocycles. The van der Waals surface area contributed by atoms with Crippen LogP contribution in [0.4, 0.5) is 5.82 Å². The molecule has 1 unspecified atom stereocenters. The number of hydrogen-bond acceptors (Lipinski definition) is 7. The van der Waals surface area contributed by atoms with Crippen molar-refractivity contribution in [1.29, 1.82) is 0 Å². The summed E-state index contributed by atoms with van der Waals surface area (Å²) in [6.45, 7) is -0.339. The van der Waals surface area contributed by atoms with Crippen molar-refractivity contribution in [3.05, 3.63) is 53.7 Å². The molecule has 1 saturated heterocycles. The van der Waals surface area contributed by atoms with Crippen molar-refractivity contribution in [3.63, 3.8) is 0 Å². The first-order valence-electron chi connectivity index (χ1n) is 11.3. The number of amides is 3. The Morgan fingerprint density at radius 2 is 1.92 bits per heavy atom. The van der Waals surface area contributed by atoms with E-state index in [0.717, 1.165) is 0 Å². The Balaban J connectivity index is 1.37. The minimum absolute atomic E-state index is 0.218. The van der Waals surface area contributed by atoms with E-state index in [2.05, 4.69) is 20.7 Å². The number of aromatic nitrogens is 3. The van der Waals surface area contributed by atoms with E-state index in [1.165, 1.54) is 7.11 Å². The smallest absolute Gasteiger partial charge is 0.342 e. The number of esters is 1. The molecule has 0 saturated carbocycles. The first-order chi connectivity index (χ1) is 17.4. The summed E-state index contributed by atoms with van der Waals surface area (Å²) in [4.78, 5) is 52.1. The normalized spacial score (nSPS) is 15.7. The zero-order valence-corrected chi connectivity index (χ0v) is 19.6. The Kier molecular flexibility index (Phi) is 5.88. The van der Waals surface area contributed by atoms with E-state index >= 15 is 0 Å². The predicted molar refractivity (Wildman–Crippen MR) is 130 cm³/mol. The van der Waals surface area contributed by atoms with Gasteiger partial charge in [0.05, 0.1) is 18.7 Å². The number of imide groups is 1. The second-order valence-electron chi connectivity index (χ2n) is 8.41. The molecule has 1 atom stereocenters. The number of hydrogen-bond donors (Lipinski definition) is 3. The van der Waals surface area contributed by atoms with Crippen molar-refractivity contribution < 1.29 is 28.7 Å². The first-order valence-corrected chi connectivity index (χ1v) is 11.3. The molecule has 0 spiro atoms. The number of para-hydroxylation sites is 2. The number of fused-ring (bicyclic) bond motifs is 2. The van der Waals surface area contributed by atoms with Gasteiger partial charge in [0.25, 0.3) is 5.91 Å². The maximum Gasteiger partial charge on any atom is 0.342 e. The van der Waals surface area contributed by atoms with Crippen LogP contribution in [0.2, 0.25) is 0 Å². The van der Waals surface area contributed by atoms with Gasteiger partial charge in [0.15, 0.2) is 6.61 Å². The number of ether oxygens (including phenoxy) is 2. The minimum Gasteiger partial charge on any atom is -0.481 e. The molecule has 5 rings (SSSR count). The van der Waals surface area contributed by atoms with E-state index in [0.29, 0.717) is 39.7 Å². The van der Waals surface area contributed by atoms with Crippen LogP contribution in [0.1, 0.15) is 34.8 Å². The largest absolute Gasteiger partial charge is 0.481 e. The van der Waals surface area contributed by atoms with Crippen LogP contribution < -0.4 is 15.4 Å². The third kappa shape index (κ3) is 4.04. The number of carbonyl (C=O) groups is 4. The van der Waals surface area contributed by atoms with Gasteiger partial charge in [-0.3, -0.25) is 24.4 Å². The van der Waals surface area contributed by atoms with E-state index in [4.69, 9.17) is 9.47 Å². The Bertz CT molecular complexity index is 1530. The van der Waals surface area contributed by atoms with Gasteiger partial charge in [-0.25, -0.2) is 4.79 Å². The molecule has 11 nitrogen and oxygen atoms in total. The maximum atomic E-state index is 12.8. The van der Waals surface area contributed by atoms with Gasteiger partial charge in [0, 0.05) is 29.8 Å². The molecule has 0 aliphatic carbocycles. The Morgan fingerprint density at radius 1 is 1.14 bits per heavy atom. The summed E-state index contributed by atoms with van der Waals surface area (Å²) in [5.41, 5.74) is 2.07. The lowest BCUT2D eigenvalue weighted by Gasteiger charge is -2.19. The zero-order valence-electron chi connectivity index (χ0n) is 19.6. The molecule has 36 heavy (non-hydrogen) atoms. The van der Waals surface area contributed by atoms with Crippen LogP contribution in [-0.2, 0) is 26.2 Å². The average Bonchev–Trinajstić information content (AvgIpc) is 3.40. The highest BCUT2D eigenvalue weighted by molar-refractivity contribution is 6.11. The number of nitrogens with one attached hydrogen (secondary N) is 3. The monoisotopic (exact) mass is 489 g/mol. The van der Waals surface area contributed by atoms with E-state index in [1.807, 2.05) is 12.1 Å². The van der Waals surface area contributed by atoms with Crippen LogP contribution in [0, 0.1) is 0 Å². The number of benzene rings is 2. The van der Waals surface area contributed by atoms with Crippen LogP contribution in [0.25, 0.3) is 21.8 Å². The van der Waals surface area contributed by atoms with Gasteiger partial charge in [0.1, 0.15) is 22.6 Å². The summed E-state index contributed by atoms with van der Waals surface area (Å²) in [5.74, 6) is -1.67. The number of piperidine rings is 1. The molecular formula is C25H23N5O6. The van der Waals surface area contributed by atoms with Crippen LogP contribution in [0.5, 0.6) is 5.75 Å². The third-order valence-corrected chi connectivity index (χ3v) is 6.14. The van der Waals surface area contributed by atoms with Crippen molar-refractivity contribution in [1.82, 2.24) is 20.1 Å². The highest BCUT2D eigenvalue weighted by atomic mass is 16.5. The van der Waals surface area contributed by atoms with Crippen molar-refractivity contribution >= 4 is 51.3 Å². The second-order valence-corrected chi connectivity index (χ2v) is 8.41. The first kappa shape index (κ1) is 23.1. The molecule has 0 bridgehead atoms. The predicted octanol–water partition coefficient (Wildman–Crippen LogP) is 2.38. The third-order valence-electron chi connectivity index (χ3n) is 6.14. The molecule has 4 aromatic rings. The average molecular weight is 489 g/mol. The van der Waals surface area contributed by atoms with Gasteiger partial charge >= 0.3 is 5.97 Å². The highest BCUT2D eigenvalue weighted by Gasteiger charge is 2.32. The fourth-order valence-corrected chi connectivity index (χ4v) is 4.53. The number of carbonyl (C=O) groups excluding carboxylic acids is 4. The minimum atomic E-state index is -0.579. The van der Waals surface area contributed by atoms with Crippen molar-refractivity contribution in [2.24, 2.45) is 7.05 Å². The number of methoxy groups -OCH3 is 1. The van der Waals surface area contributed by atoms with Crippen LogP contribution in [0.3, 0.4) is 0 Å². The van der Waals surface area contributed by atoms with E-state index in [1.54, 1.807) is 42.1 Å². The number of H-pyrrole nitrogens is 1. The molecule has 0 radical (unpaired) electrons. The number of anilines is 1. The quantitative estimate of drug-likeness (QED) is 0.279. The van der Waals surface area contributed by atoms with E-state index < -0.39 is 17.8 Å². The number of aromatic amines is 1. The Morgan fingerprint density at radius 3 is 2.69 bits per heavy atom. The Hall–Kier alpha value is -4.67. The second kappa shape index (κ2) is 9.17. The summed E-state index contributed by atoms with van der Waals surface area (Å²) in [6, 6.07) is 12.4. The molecule has 11 heteroatoms. The SMILES string of the molecule is COC(=O)c1c(NC(=O)COc2cccc3c(C4CCC(=O)NC4=O)nn(C)c23)[nH]c2ccccc12. The van der Waals surface area contributed by atoms with E-state index in [9.17, 15) is 19.2 Å². The molecule has 1 aliphatic heterocycles. The molecule has 3 N–H and O–H groups in total. The van der Waals surface area contributed by atoms with Gasteiger partial charge in [-0.2, -0.15) is 5.10 Å². The lowest BCUT2D eigenvalue weighted by molar-refractivity contribution is -0.134. The molecule has 1 fully saturated rings. The maximum absolute atomic E-state index is 12.8. The molecule has 3 heterocycles. The lowest BCUT2D eigenvalue weighted by atomic mass is 9.93. The van der Waals surface area contributed by atoms with Crippen LogP contribution in [-0.4, -0.2) is 52.2 Å². The topological polar surface area (TPSA) is 144 Å². The lowest BCUT2D eigenvalue weighted by Crippen LogP contribution is -2.39. The number of aryl methyl sites for hydroxylation is 1. The fraction of sp³-hybridized carbons (Fsp3) is 0.240. The molecule has 2 aromatic carbocycles. The number of nitrogens with zero attached hydrogens (tertiary/aromatic N) is 2. The van der Waals surface area contributed by atoms with Crippen LogP contribution in [0.15, 0.2) is 42.5 Å². The summed E-state index contributed by atoms with van der Waals surface area (Å²) < 4.78 is 12.3. The molecule has 3 amide bonds. The highest BCUT2D eigenvalue weighted by Crippen LogP contribution is 2.34. The van der Waals surface area contributed by atoms with Crippen molar-refractivity contribution in [2.45, 2.75) is 18.8 Å². The van der Waals surface area contributed by atoms with E-state index in [-0.39, 0.29) is 36.2 Å². The number of rotatable bonds is 6. The molecule has 184 valence electrons. The van der Waals surface area contributed by atoms with Gasteiger partial charge in [-0.15, -0.1) is 0 Å². The fourth-order valence-electron chi connectivity index (χ4n) is 4.53. The van der Waals surface area contributed by atoms with Gasteiger partial charge < -0.3 is 19.8 Å².